The molecule has 4 aromatic rings. The van der Waals surface area contributed by atoms with Crippen LogP contribution < -0.4 is 5.32 Å². The lowest BCUT2D eigenvalue weighted by molar-refractivity contribution is 0.0697. The molecule has 0 saturated heterocycles. The summed E-state index contributed by atoms with van der Waals surface area (Å²) in [5.74, 6) is -0.945. The van der Waals surface area contributed by atoms with Crippen LogP contribution in [0.25, 0.3) is 22.2 Å². The van der Waals surface area contributed by atoms with Crippen LogP contribution in [0.15, 0.2) is 60.7 Å². The first kappa shape index (κ1) is 18.9. The highest BCUT2D eigenvalue weighted by atomic mass is 16.4. The molecule has 0 spiro atoms. The number of carbonyl (C=O) groups is 1. The predicted octanol–water partition coefficient (Wildman–Crippen LogP) is 5.29. The van der Waals surface area contributed by atoms with Gasteiger partial charge in [0.15, 0.2) is 0 Å². The van der Waals surface area contributed by atoms with Crippen LogP contribution in [0.2, 0.25) is 0 Å². The SMILES string of the molecule is N#Cc1ccc2c(c1)CCC[C@@H]2Nc1ccc2[nH]nc(-c3ccc(C(=O)O)cc3)c2c1. The number of hydrogen-bond donors (Lipinski definition) is 3. The molecule has 0 amide bonds. The van der Waals surface area contributed by atoms with Crippen molar-refractivity contribution >= 4 is 22.6 Å². The predicted molar refractivity (Wildman–Crippen MR) is 119 cm³/mol. The van der Waals surface area contributed by atoms with Crippen LogP contribution in [0.5, 0.6) is 0 Å². The third kappa shape index (κ3) is 3.51. The van der Waals surface area contributed by atoms with Crippen molar-refractivity contribution in [2.24, 2.45) is 0 Å². The maximum absolute atomic E-state index is 11.1. The van der Waals surface area contributed by atoms with Crippen LogP contribution in [0, 0.1) is 11.3 Å². The number of nitrogens with one attached hydrogen (secondary N) is 2. The van der Waals surface area contributed by atoms with Crippen LogP contribution >= 0.6 is 0 Å². The Morgan fingerprint density at radius 1 is 1.13 bits per heavy atom. The van der Waals surface area contributed by atoms with Crippen molar-refractivity contribution in [3.05, 3.63) is 82.9 Å². The van der Waals surface area contributed by atoms with Crippen molar-refractivity contribution in [1.29, 1.82) is 5.26 Å². The summed E-state index contributed by atoms with van der Waals surface area (Å²) in [5, 5.41) is 30.4. The van der Waals surface area contributed by atoms with E-state index in [2.05, 4.69) is 33.7 Å². The topological polar surface area (TPSA) is 102 Å². The van der Waals surface area contributed by atoms with Crippen molar-refractivity contribution in [2.45, 2.75) is 25.3 Å². The summed E-state index contributed by atoms with van der Waals surface area (Å²) in [5.41, 5.74) is 7.02. The monoisotopic (exact) mass is 408 g/mol. The van der Waals surface area contributed by atoms with E-state index in [1.807, 2.05) is 24.3 Å². The average Bonchev–Trinajstić information content (AvgIpc) is 3.22. The molecule has 0 fully saturated rings. The normalized spacial score (nSPS) is 15.3. The van der Waals surface area contributed by atoms with Gasteiger partial charge in [-0.25, -0.2) is 4.79 Å². The largest absolute Gasteiger partial charge is 0.478 e. The number of aromatic amines is 1. The molecule has 0 radical (unpaired) electrons. The summed E-state index contributed by atoms with van der Waals surface area (Å²) in [4.78, 5) is 11.1. The Hall–Kier alpha value is -4.11. The molecule has 0 unspecified atom stereocenters. The maximum Gasteiger partial charge on any atom is 0.335 e. The van der Waals surface area contributed by atoms with Crippen molar-refractivity contribution in [3.63, 3.8) is 0 Å². The zero-order valence-corrected chi connectivity index (χ0v) is 16.7. The summed E-state index contributed by atoms with van der Waals surface area (Å²) in [6, 6.07) is 21.2. The number of anilines is 1. The molecule has 0 saturated carbocycles. The lowest BCUT2D eigenvalue weighted by Crippen LogP contribution is -2.17. The number of H-pyrrole nitrogens is 1. The minimum atomic E-state index is -0.945. The molecule has 152 valence electrons. The lowest BCUT2D eigenvalue weighted by atomic mass is 9.86. The van der Waals surface area contributed by atoms with Gasteiger partial charge in [-0.1, -0.05) is 18.2 Å². The molecule has 5 rings (SSSR count). The Morgan fingerprint density at radius 2 is 1.97 bits per heavy atom. The zero-order valence-electron chi connectivity index (χ0n) is 16.7. The molecule has 3 N–H and O–H groups in total. The molecule has 1 aromatic heterocycles. The van der Waals surface area contributed by atoms with Gasteiger partial charge in [0.2, 0.25) is 0 Å². The minimum Gasteiger partial charge on any atom is -0.478 e. The fourth-order valence-corrected chi connectivity index (χ4v) is 4.33. The molecule has 1 aliphatic carbocycles. The number of benzene rings is 3. The standard InChI is InChI=1S/C25H20N4O2/c26-14-15-4-10-20-18(12-15)2-1-3-22(20)27-19-9-11-23-21(13-19)24(29-28-23)16-5-7-17(8-6-16)25(30)31/h4-13,22,27H,1-3H2,(H,28,29)(H,30,31)/t22-/m0/s1. The van der Waals surface area contributed by atoms with Crippen LogP contribution in [0.4, 0.5) is 5.69 Å². The van der Waals surface area contributed by atoms with Gasteiger partial charge in [-0.2, -0.15) is 10.4 Å². The molecule has 0 bridgehead atoms. The van der Waals surface area contributed by atoms with Gasteiger partial charge >= 0.3 is 5.97 Å². The minimum absolute atomic E-state index is 0.194. The van der Waals surface area contributed by atoms with E-state index < -0.39 is 5.97 Å². The number of nitriles is 1. The van der Waals surface area contributed by atoms with Gasteiger partial charge < -0.3 is 10.4 Å². The number of rotatable bonds is 4. The van der Waals surface area contributed by atoms with Gasteiger partial charge in [0.1, 0.15) is 0 Å². The van der Waals surface area contributed by atoms with E-state index in [4.69, 9.17) is 5.11 Å². The number of aromatic nitrogens is 2. The molecule has 0 aliphatic heterocycles. The quantitative estimate of drug-likeness (QED) is 0.426. The fraction of sp³-hybridized carbons (Fsp3) is 0.160. The van der Waals surface area contributed by atoms with Crippen LogP contribution in [-0.2, 0) is 6.42 Å². The van der Waals surface area contributed by atoms with E-state index in [-0.39, 0.29) is 11.6 Å². The highest BCUT2D eigenvalue weighted by Crippen LogP contribution is 2.35. The Labute approximate surface area is 179 Å². The third-order valence-corrected chi connectivity index (χ3v) is 5.90. The summed E-state index contributed by atoms with van der Waals surface area (Å²) in [6.45, 7) is 0. The van der Waals surface area contributed by atoms with E-state index in [0.29, 0.717) is 5.56 Å². The second kappa shape index (κ2) is 7.62. The molecule has 31 heavy (non-hydrogen) atoms. The number of nitrogens with zero attached hydrogens (tertiary/aromatic N) is 2. The van der Waals surface area contributed by atoms with E-state index in [1.54, 1.807) is 24.3 Å². The lowest BCUT2D eigenvalue weighted by Gasteiger charge is -2.27. The summed E-state index contributed by atoms with van der Waals surface area (Å²) < 4.78 is 0. The smallest absolute Gasteiger partial charge is 0.335 e. The van der Waals surface area contributed by atoms with Gasteiger partial charge in [-0.05, 0) is 72.9 Å². The third-order valence-electron chi connectivity index (χ3n) is 5.90. The van der Waals surface area contributed by atoms with Crippen LogP contribution in [0.1, 0.15) is 45.9 Å². The molecule has 6 heteroatoms. The number of aryl methyl sites for hydroxylation is 1. The van der Waals surface area contributed by atoms with Crippen LogP contribution in [0.3, 0.4) is 0 Å². The molecular weight excluding hydrogens is 388 g/mol. The first-order chi connectivity index (χ1) is 15.1. The van der Waals surface area contributed by atoms with Crippen molar-refractivity contribution in [2.75, 3.05) is 5.32 Å². The Balaban J connectivity index is 1.47. The summed E-state index contributed by atoms with van der Waals surface area (Å²) >= 11 is 0. The van der Waals surface area contributed by atoms with Crippen molar-refractivity contribution < 1.29 is 9.90 Å². The van der Waals surface area contributed by atoms with E-state index in [9.17, 15) is 10.1 Å². The zero-order chi connectivity index (χ0) is 21.4. The number of hydrogen-bond acceptors (Lipinski definition) is 4. The van der Waals surface area contributed by atoms with Gasteiger partial charge in [0.05, 0.1) is 34.4 Å². The second-order valence-corrected chi connectivity index (χ2v) is 7.83. The highest BCUT2D eigenvalue weighted by Gasteiger charge is 2.21. The Bertz CT molecular complexity index is 1330. The average molecular weight is 408 g/mol. The Kier molecular flexibility index (Phi) is 4.64. The summed E-state index contributed by atoms with van der Waals surface area (Å²) in [6.07, 6.45) is 3.11. The maximum atomic E-state index is 11.1. The first-order valence-electron chi connectivity index (χ1n) is 10.2. The number of fused-ring (bicyclic) bond motifs is 2. The van der Waals surface area contributed by atoms with Crippen molar-refractivity contribution in [3.8, 4) is 17.3 Å². The molecule has 1 heterocycles. The van der Waals surface area contributed by atoms with E-state index >= 15 is 0 Å². The van der Waals surface area contributed by atoms with Crippen molar-refractivity contribution in [1.82, 2.24) is 10.2 Å². The number of carboxylic acids is 1. The van der Waals surface area contributed by atoms with Gasteiger partial charge in [0.25, 0.3) is 0 Å². The van der Waals surface area contributed by atoms with E-state index in [1.165, 1.54) is 11.1 Å². The molecule has 3 aromatic carbocycles. The molecule has 1 atom stereocenters. The number of carboxylic acid groups (broad SMARTS) is 1. The Morgan fingerprint density at radius 3 is 2.74 bits per heavy atom. The molecule has 1 aliphatic rings. The highest BCUT2D eigenvalue weighted by molar-refractivity contribution is 5.95. The first-order valence-corrected chi connectivity index (χ1v) is 10.2. The molecular formula is C25H20N4O2. The van der Waals surface area contributed by atoms with Gasteiger partial charge in [-0.3, -0.25) is 5.10 Å². The number of aromatic carboxylic acids is 1. The van der Waals surface area contributed by atoms with E-state index in [0.717, 1.165) is 47.1 Å². The van der Waals surface area contributed by atoms with Gasteiger partial charge in [-0.15, -0.1) is 0 Å². The molecule has 6 nitrogen and oxygen atoms in total. The second-order valence-electron chi connectivity index (χ2n) is 7.83. The van der Waals surface area contributed by atoms with Crippen LogP contribution in [-0.4, -0.2) is 21.3 Å². The fourth-order valence-electron chi connectivity index (χ4n) is 4.33. The van der Waals surface area contributed by atoms with Gasteiger partial charge in [0, 0.05) is 16.6 Å². The summed E-state index contributed by atoms with van der Waals surface area (Å²) in [7, 11) is 0.